The van der Waals surface area contributed by atoms with E-state index < -0.39 is 6.10 Å². The minimum absolute atomic E-state index is 0.190. The number of aromatic nitrogens is 2. The summed E-state index contributed by atoms with van der Waals surface area (Å²) in [6, 6.07) is 8.05. The van der Waals surface area contributed by atoms with E-state index in [2.05, 4.69) is 29.2 Å². The van der Waals surface area contributed by atoms with Gasteiger partial charge >= 0.3 is 0 Å². The number of carbonyl (C=O) groups excluding carboxylic acids is 1. The van der Waals surface area contributed by atoms with Gasteiger partial charge in [0, 0.05) is 23.7 Å². The SMILES string of the molecule is CCN(CC)CCCNC(=O)C(C)Oc1ccc(=O)n(-c2cc(Cl)ccc2C)n1. The third-order valence-corrected chi connectivity index (χ3v) is 4.92. The number of rotatable bonds is 10. The lowest BCUT2D eigenvalue weighted by Gasteiger charge is -2.18. The second-order valence-corrected chi connectivity index (χ2v) is 7.22. The highest BCUT2D eigenvalue weighted by Crippen LogP contribution is 2.18. The smallest absolute Gasteiger partial charge is 0.271 e. The lowest BCUT2D eigenvalue weighted by molar-refractivity contribution is -0.127. The van der Waals surface area contributed by atoms with Gasteiger partial charge in [-0.05, 0) is 57.6 Å². The van der Waals surface area contributed by atoms with Crippen LogP contribution in [0.15, 0.2) is 35.1 Å². The van der Waals surface area contributed by atoms with Crippen LogP contribution in [-0.4, -0.2) is 52.9 Å². The van der Waals surface area contributed by atoms with Gasteiger partial charge < -0.3 is 15.0 Å². The summed E-state index contributed by atoms with van der Waals surface area (Å²) in [4.78, 5) is 26.8. The van der Waals surface area contributed by atoms with E-state index in [0.29, 0.717) is 17.3 Å². The maximum Gasteiger partial charge on any atom is 0.271 e. The van der Waals surface area contributed by atoms with E-state index in [4.69, 9.17) is 16.3 Å². The highest BCUT2D eigenvalue weighted by atomic mass is 35.5. The van der Waals surface area contributed by atoms with Gasteiger partial charge in [-0.15, -0.1) is 5.10 Å². The molecule has 1 amide bonds. The lowest BCUT2D eigenvalue weighted by atomic mass is 10.2. The molecule has 29 heavy (non-hydrogen) atoms. The molecule has 1 aromatic heterocycles. The third-order valence-electron chi connectivity index (χ3n) is 4.69. The van der Waals surface area contributed by atoms with E-state index >= 15 is 0 Å². The fourth-order valence-electron chi connectivity index (χ4n) is 2.87. The number of halogens is 1. The van der Waals surface area contributed by atoms with E-state index in [-0.39, 0.29) is 17.3 Å². The van der Waals surface area contributed by atoms with Crippen LogP contribution >= 0.6 is 11.6 Å². The Kier molecular flexibility index (Phi) is 8.67. The summed E-state index contributed by atoms with van der Waals surface area (Å²) in [5, 5.41) is 7.62. The molecule has 8 heteroatoms. The molecule has 0 aliphatic heterocycles. The molecular formula is C21H29ClN4O3. The molecule has 0 spiro atoms. The van der Waals surface area contributed by atoms with Crippen molar-refractivity contribution in [2.75, 3.05) is 26.2 Å². The molecule has 1 heterocycles. The number of ether oxygens (including phenoxy) is 1. The van der Waals surface area contributed by atoms with Crippen LogP contribution in [0.3, 0.4) is 0 Å². The molecule has 0 bridgehead atoms. The highest BCUT2D eigenvalue weighted by Gasteiger charge is 2.16. The van der Waals surface area contributed by atoms with Gasteiger partial charge in [-0.2, -0.15) is 4.68 Å². The Balaban J connectivity index is 2.00. The molecule has 1 atom stereocenters. The van der Waals surface area contributed by atoms with Gasteiger partial charge in [0.05, 0.1) is 5.69 Å². The van der Waals surface area contributed by atoms with Crippen LogP contribution < -0.4 is 15.6 Å². The van der Waals surface area contributed by atoms with E-state index in [1.807, 2.05) is 13.0 Å². The minimum Gasteiger partial charge on any atom is -0.464 e. The average Bonchev–Trinajstić information content (AvgIpc) is 2.71. The van der Waals surface area contributed by atoms with Crippen LogP contribution in [0.2, 0.25) is 5.02 Å². The van der Waals surface area contributed by atoms with Crippen LogP contribution in [0.25, 0.3) is 5.69 Å². The maximum atomic E-state index is 12.3. The van der Waals surface area contributed by atoms with Gasteiger partial charge in [-0.25, -0.2) is 0 Å². The molecule has 7 nitrogen and oxygen atoms in total. The summed E-state index contributed by atoms with van der Waals surface area (Å²) in [5.41, 5.74) is 1.11. The van der Waals surface area contributed by atoms with Gasteiger partial charge in [0.15, 0.2) is 6.10 Å². The summed E-state index contributed by atoms with van der Waals surface area (Å²) < 4.78 is 6.89. The van der Waals surface area contributed by atoms with Crippen molar-refractivity contribution in [1.29, 1.82) is 0 Å². The Morgan fingerprint density at radius 1 is 1.28 bits per heavy atom. The van der Waals surface area contributed by atoms with Crippen LogP contribution in [0, 0.1) is 6.92 Å². The predicted molar refractivity (Wildman–Crippen MR) is 115 cm³/mol. The molecule has 2 rings (SSSR count). The Hall–Kier alpha value is -2.38. The summed E-state index contributed by atoms with van der Waals surface area (Å²) in [7, 11) is 0. The van der Waals surface area contributed by atoms with Crippen LogP contribution in [-0.2, 0) is 4.79 Å². The van der Waals surface area contributed by atoms with Crippen molar-refractivity contribution in [2.45, 2.75) is 40.2 Å². The third kappa shape index (κ3) is 6.58. The molecule has 1 unspecified atom stereocenters. The van der Waals surface area contributed by atoms with Gasteiger partial charge in [-0.3, -0.25) is 9.59 Å². The zero-order valence-corrected chi connectivity index (χ0v) is 18.2. The molecular weight excluding hydrogens is 392 g/mol. The second-order valence-electron chi connectivity index (χ2n) is 6.78. The lowest BCUT2D eigenvalue weighted by Crippen LogP contribution is -2.38. The van der Waals surface area contributed by atoms with E-state index in [0.717, 1.165) is 31.6 Å². The highest BCUT2D eigenvalue weighted by molar-refractivity contribution is 6.30. The molecule has 2 aromatic rings. The normalized spacial score (nSPS) is 12.1. The Bertz CT molecular complexity index is 880. The van der Waals surface area contributed by atoms with Gasteiger partial charge in [-0.1, -0.05) is 31.5 Å². The van der Waals surface area contributed by atoms with Crippen molar-refractivity contribution in [2.24, 2.45) is 0 Å². The zero-order valence-electron chi connectivity index (χ0n) is 17.4. The van der Waals surface area contributed by atoms with Crippen molar-refractivity contribution >= 4 is 17.5 Å². The number of benzene rings is 1. The van der Waals surface area contributed by atoms with Crippen molar-refractivity contribution in [3.05, 3.63) is 51.3 Å². The fraction of sp³-hybridized carbons (Fsp3) is 0.476. The first kappa shape index (κ1) is 22.9. The van der Waals surface area contributed by atoms with E-state index in [1.54, 1.807) is 19.1 Å². The molecule has 0 saturated heterocycles. The molecule has 0 aliphatic carbocycles. The van der Waals surface area contributed by atoms with Gasteiger partial charge in [0.1, 0.15) is 0 Å². The first-order chi connectivity index (χ1) is 13.8. The predicted octanol–water partition coefficient (Wildman–Crippen LogP) is 2.81. The van der Waals surface area contributed by atoms with Crippen LogP contribution in [0.4, 0.5) is 0 Å². The number of hydrogen-bond donors (Lipinski definition) is 1. The number of hydrogen-bond acceptors (Lipinski definition) is 5. The number of nitrogens with one attached hydrogen (secondary N) is 1. The Morgan fingerprint density at radius 2 is 2.00 bits per heavy atom. The summed E-state index contributed by atoms with van der Waals surface area (Å²) in [6.07, 6.45) is 0.138. The topological polar surface area (TPSA) is 76.5 Å². The van der Waals surface area contributed by atoms with Crippen molar-refractivity contribution in [1.82, 2.24) is 20.0 Å². The van der Waals surface area contributed by atoms with Gasteiger partial charge in [0.2, 0.25) is 5.88 Å². The molecule has 0 saturated carbocycles. The Labute approximate surface area is 176 Å². The molecule has 0 radical (unpaired) electrons. The summed E-state index contributed by atoms with van der Waals surface area (Å²) in [5.74, 6) is -0.0298. The standard InChI is InChI=1S/C21H29ClN4O3/c1-5-25(6-2)13-7-12-23-21(28)16(4)29-19-10-11-20(27)26(24-19)18-14-17(22)9-8-15(18)3/h8-11,14,16H,5-7,12-13H2,1-4H3,(H,23,28). The number of carbonyl (C=O) groups is 1. The first-order valence-electron chi connectivity index (χ1n) is 9.89. The van der Waals surface area contributed by atoms with Gasteiger partial charge in [0.25, 0.3) is 11.5 Å². The van der Waals surface area contributed by atoms with Crippen LogP contribution in [0.1, 0.15) is 32.8 Å². The summed E-state index contributed by atoms with van der Waals surface area (Å²) >= 11 is 6.05. The number of amides is 1. The van der Waals surface area contributed by atoms with E-state index in [1.165, 1.54) is 16.8 Å². The van der Waals surface area contributed by atoms with Crippen molar-refractivity contribution in [3.63, 3.8) is 0 Å². The maximum absolute atomic E-state index is 12.3. The quantitative estimate of drug-likeness (QED) is 0.598. The number of aryl methyl sites for hydroxylation is 1. The van der Waals surface area contributed by atoms with Crippen molar-refractivity contribution < 1.29 is 9.53 Å². The molecule has 1 aromatic carbocycles. The van der Waals surface area contributed by atoms with E-state index in [9.17, 15) is 9.59 Å². The largest absolute Gasteiger partial charge is 0.464 e. The Morgan fingerprint density at radius 3 is 2.69 bits per heavy atom. The monoisotopic (exact) mass is 420 g/mol. The average molecular weight is 421 g/mol. The minimum atomic E-state index is -0.734. The molecule has 158 valence electrons. The molecule has 1 N–H and O–H groups in total. The fourth-order valence-corrected chi connectivity index (χ4v) is 3.04. The van der Waals surface area contributed by atoms with Crippen molar-refractivity contribution in [3.8, 4) is 11.6 Å². The summed E-state index contributed by atoms with van der Waals surface area (Å²) in [6.45, 7) is 11.3. The molecule has 0 aliphatic rings. The number of nitrogens with zero attached hydrogens (tertiary/aromatic N) is 3. The zero-order chi connectivity index (χ0) is 21.4. The first-order valence-corrected chi connectivity index (χ1v) is 10.3. The van der Waals surface area contributed by atoms with Crippen LogP contribution in [0.5, 0.6) is 5.88 Å². The molecule has 0 fully saturated rings. The second kappa shape index (κ2) is 11.0.